The van der Waals surface area contributed by atoms with Crippen LogP contribution < -0.4 is 4.90 Å². The molecule has 0 amide bonds. The highest BCUT2D eigenvalue weighted by Crippen LogP contribution is 2.28. The molecular weight excluding hydrogens is 399 g/mol. The average Bonchev–Trinajstić information content (AvgIpc) is 2.48. The fourth-order valence-electron chi connectivity index (χ4n) is 1.76. The Morgan fingerprint density at radius 2 is 2.10 bits per heavy atom. The summed E-state index contributed by atoms with van der Waals surface area (Å²) in [5, 5.41) is 18.9. The molecule has 0 aliphatic heterocycles. The number of anilines is 1. The molecular formula is C16H18ClIN2O. The van der Waals surface area contributed by atoms with Gasteiger partial charge in [0.15, 0.2) is 0 Å². The lowest BCUT2D eigenvalue weighted by Gasteiger charge is -2.26. The highest BCUT2D eigenvalue weighted by atomic mass is 127. The van der Waals surface area contributed by atoms with Crippen molar-refractivity contribution >= 4 is 45.7 Å². The van der Waals surface area contributed by atoms with Crippen molar-refractivity contribution in [2.24, 2.45) is 0 Å². The normalized spacial score (nSPS) is 11.5. The summed E-state index contributed by atoms with van der Waals surface area (Å²) in [5.41, 5.74) is 4.71. The summed E-state index contributed by atoms with van der Waals surface area (Å²) in [6, 6.07) is 5.54. The van der Waals surface area contributed by atoms with E-state index in [9.17, 15) is 5.11 Å². The molecule has 2 N–H and O–H groups in total. The largest absolute Gasteiger partial charge is 0.512 e. The van der Waals surface area contributed by atoms with Gasteiger partial charge in [-0.15, -0.1) is 5.73 Å². The smallest absolute Gasteiger partial charge is 0.136 e. The second-order valence-electron chi connectivity index (χ2n) is 4.47. The Morgan fingerprint density at radius 1 is 1.48 bits per heavy atom. The van der Waals surface area contributed by atoms with E-state index in [0.29, 0.717) is 22.7 Å². The van der Waals surface area contributed by atoms with Gasteiger partial charge in [0.1, 0.15) is 5.84 Å². The van der Waals surface area contributed by atoms with Crippen LogP contribution >= 0.6 is 34.2 Å². The highest BCUT2D eigenvalue weighted by molar-refractivity contribution is 14.1. The van der Waals surface area contributed by atoms with Crippen molar-refractivity contribution in [2.45, 2.75) is 27.2 Å². The molecule has 0 saturated carbocycles. The number of allylic oxidation sites excluding steroid dienone is 2. The summed E-state index contributed by atoms with van der Waals surface area (Å²) in [7, 11) is 0. The number of rotatable bonds is 4. The van der Waals surface area contributed by atoms with Crippen molar-refractivity contribution in [3.05, 3.63) is 56.1 Å². The van der Waals surface area contributed by atoms with Gasteiger partial charge in [0.05, 0.1) is 16.5 Å². The molecule has 3 nitrogen and oxygen atoms in total. The summed E-state index contributed by atoms with van der Waals surface area (Å²) in [4.78, 5) is 1.66. The van der Waals surface area contributed by atoms with Crippen molar-refractivity contribution < 1.29 is 5.11 Å². The predicted octanol–water partition coefficient (Wildman–Crippen LogP) is 5.66. The topological polar surface area (TPSA) is 47.3 Å². The van der Waals surface area contributed by atoms with Gasteiger partial charge >= 0.3 is 0 Å². The molecule has 0 radical (unpaired) electrons. The van der Waals surface area contributed by atoms with E-state index in [-0.39, 0.29) is 11.6 Å². The van der Waals surface area contributed by atoms with E-state index in [4.69, 9.17) is 17.0 Å². The molecule has 0 fully saturated rings. The lowest BCUT2D eigenvalue weighted by molar-refractivity contribution is 0.390. The van der Waals surface area contributed by atoms with Crippen LogP contribution in [0.4, 0.5) is 5.69 Å². The second kappa shape index (κ2) is 7.69. The summed E-state index contributed by atoms with van der Waals surface area (Å²) >= 11 is 8.32. The SMILES string of the molecule is C=C=C(C)N(C(=N)C(C)=C(O)CC)c1ccc(I)c(Cl)c1. The molecule has 21 heavy (non-hydrogen) atoms. The maximum atomic E-state index is 9.89. The molecule has 5 heteroatoms. The number of benzene rings is 1. The summed E-state index contributed by atoms with van der Waals surface area (Å²) in [6.07, 6.45) is 0.479. The van der Waals surface area contributed by atoms with E-state index in [1.165, 1.54) is 0 Å². The molecule has 0 unspecified atom stereocenters. The van der Waals surface area contributed by atoms with E-state index in [2.05, 4.69) is 34.9 Å². The maximum Gasteiger partial charge on any atom is 0.136 e. The Balaban J connectivity index is 3.40. The number of hydrogen-bond acceptors (Lipinski definition) is 2. The molecule has 0 saturated heterocycles. The zero-order valence-corrected chi connectivity index (χ0v) is 15.2. The van der Waals surface area contributed by atoms with E-state index >= 15 is 0 Å². The van der Waals surface area contributed by atoms with E-state index in [0.717, 1.165) is 9.26 Å². The standard InChI is InChI=1S/C16H18ClIN2O/c1-5-10(3)20(16(19)11(4)15(21)6-2)12-7-8-14(18)13(17)9-12/h7-9,19,21H,1,6H2,2-4H3. The van der Waals surface area contributed by atoms with Crippen molar-refractivity contribution in [1.29, 1.82) is 5.41 Å². The average molecular weight is 417 g/mol. The first-order chi connectivity index (χ1) is 9.83. The zero-order valence-electron chi connectivity index (χ0n) is 12.3. The molecule has 0 aromatic heterocycles. The van der Waals surface area contributed by atoms with Gasteiger partial charge in [-0.3, -0.25) is 10.3 Å². The molecule has 0 bridgehead atoms. The third kappa shape index (κ3) is 4.13. The van der Waals surface area contributed by atoms with Crippen LogP contribution in [0.3, 0.4) is 0 Å². The number of halogens is 2. The lowest BCUT2D eigenvalue weighted by atomic mass is 10.1. The minimum absolute atomic E-state index is 0.181. The van der Waals surface area contributed by atoms with Gasteiger partial charge in [0, 0.05) is 21.3 Å². The Bertz CT molecular complexity index is 646. The number of nitrogens with one attached hydrogen (secondary N) is 1. The summed E-state index contributed by atoms with van der Waals surface area (Å²) in [5.74, 6) is 0.374. The van der Waals surface area contributed by atoms with Gasteiger partial charge < -0.3 is 5.11 Å². The van der Waals surface area contributed by atoms with Crippen molar-refractivity contribution in [1.82, 2.24) is 0 Å². The van der Waals surface area contributed by atoms with Gasteiger partial charge in [-0.1, -0.05) is 25.1 Å². The molecule has 1 aromatic carbocycles. The first-order valence-corrected chi connectivity index (χ1v) is 7.88. The highest BCUT2D eigenvalue weighted by Gasteiger charge is 2.18. The second-order valence-corrected chi connectivity index (χ2v) is 6.04. The molecule has 0 spiro atoms. The van der Waals surface area contributed by atoms with Crippen molar-refractivity contribution in [3.8, 4) is 0 Å². The van der Waals surface area contributed by atoms with Crippen LogP contribution in [0, 0.1) is 8.98 Å². The van der Waals surface area contributed by atoms with Crippen LogP contribution in [-0.2, 0) is 0 Å². The van der Waals surface area contributed by atoms with Crippen LogP contribution in [0.25, 0.3) is 0 Å². The molecule has 0 aliphatic carbocycles. The molecule has 0 heterocycles. The summed E-state index contributed by atoms with van der Waals surface area (Å²) in [6.45, 7) is 9.01. The Kier molecular flexibility index (Phi) is 6.52. The van der Waals surface area contributed by atoms with Gasteiger partial charge in [0.25, 0.3) is 0 Å². The van der Waals surface area contributed by atoms with Gasteiger partial charge in [-0.2, -0.15) is 0 Å². The van der Waals surface area contributed by atoms with Crippen LogP contribution in [0.1, 0.15) is 27.2 Å². The third-order valence-electron chi connectivity index (χ3n) is 3.10. The lowest BCUT2D eigenvalue weighted by Crippen LogP contribution is -2.29. The van der Waals surface area contributed by atoms with E-state index in [1.807, 2.05) is 26.0 Å². The minimum Gasteiger partial charge on any atom is -0.512 e. The fourth-order valence-corrected chi connectivity index (χ4v) is 2.27. The number of nitrogens with zero attached hydrogens (tertiary/aromatic N) is 1. The molecule has 0 aliphatic rings. The van der Waals surface area contributed by atoms with Crippen molar-refractivity contribution in [2.75, 3.05) is 4.90 Å². The fraction of sp³-hybridized carbons (Fsp3) is 0.250. The van der Waals surface area contributed by atoms with Gasteiger partial charge in [0.2, 0.25) is 0 Å². The van der Waals surface area contributed by atoms with Crippen molar-refractivity contribution in [3.63, 3.8) is 0 Å². The number of amidine groups is 1. The van der Waals surface area contributed by atoms with E-state index in [1.54, 1.807) is 17.9 Å². The van der Waals surface area contributed by atoms with Crippen LogP contribution in [0.15, 0.2) is 47.5 Å². The van der Waals surface area contributed by atoms with Gasteiger partial charge in [-0.05, 0) is 54.6 Å². The Hall–Kier alpha value is -1.23. The molecule has 0 atom stereocenters. The van der Waals surface area contributed by atoms with E-state index < -0.39 is 0 Å². The predicted molar refractivity (Wildman–Crippen MR) is 98.3 cm³/mol. The van der Waals surface area contributed by atoms with Crippen LogP contribution in [0.5, 0.6) is 0 Å². The van der Waals surface area contributed by atoms with Gasteiger partial charge in [-0.25, -0.2) is 0 Å². The maximum absolute atomic E-state index is 9.89. The quantitative estimate of drug-likeness (QED) is 0.219. The molecule has 1 aromatic rings. The number of aliphatic hydroxyl groups excluding tert-OH is 1. The minimum atomic E-state index is 0.181. The molecule has 1 rings (SSSR count). The van der Waals surface area contributed by atoms with Crippen LogP contribution in [0.2, 0.25) is 5.02 Å². The third-order valence-corrected chi connectivity index (χ3v) is 4.67. The number of hydrogen-bond donors (Lipinski definition) is 2. The Labute approximate surface area is 144 Å². The Morgan fingerprint density at radius 3 is 2.57 bits per heavy atom. The number of aliphatic hydroxyl groups is 1. The van der Waals surface area contributed by atoms with Crippen LogP contribution in [-0.4, -0.2) is 10.9 Å². The monoisotopic (exact) mass is 416 g/mol. The zero-order chi connectivity index (χ0) is 16.2. The summed E-state index contributed by atoms with van der Waals surface area (Å²) < 4.78 is 0.938. The first-order valence-electron chi connectivity index (χ1n) is 6.42. The first kappa shape index (κ1) is 17.8. The molecule has 112 valence electrons.